The Morgan fingerprint density at radius 2 is 0.492 bits per heavy atom. The van der Waals surface area contributed by atoms with Crippen molar-refractivity contribution < 1.29 is 0 Å². The summed E-state index contributed by atoms with van der Waals surface area (Å²) in [5.41, 5.74) is 10.8. The zero-order chi connectivity index (χ0) is 41.7. The molecule has 0 nitrogen and oxygen atoms in total. The molecule has 0 bridgehead atoms. The van der Waals surface area contributed by atoms with E-state index in [4.69, 9.17) is 0 Å². The van der Waals surface area contributed by atoms with Crippen molar-refractivity contribution in [2.75, 3.05) is 0 Å². The zero-order valence-electron chi connectivity index (χ0n) is 36.7. The van der Waals surface area contributed by atoms with Gasteiger partial charge in [0, 0.05) is 11.1 Å². The Morgan fingerprint density at radius 1 is 0.288 bits per heavy atom. The predicted molar refractivity (Wildman–Crippen MR) is 261 cm³/mol. The smallest absolute Gasteiger partial charge is 0.0820 e. The van der Waals surface area contributed by atoms with Gasteiger partial charge in [-0.05, 0) is 158 Å². The summed E-state index contributed by atoms with van der Waals surface area (Å²) in [7, 11) is 0. The summed E-state index contributed by atoms with van der Waals surface area (Å²) in [6.07, 6.45) is 20.4. The molecular weight excluding hydrogens is 769 g/mol. The molecule has 0 aliphatic carbocycles. The van der Waals surface area contributed by atoms with E-state index < -0.39 is 0 Å². The maximum absolute atomic E-state index is 3.82. The first-order chi connectivity index (χ1) is 29.0. The van der Waals surface area contributed by atoms with Crippen molar-refractivity contribution in [3.63, 3.8) is 0 Å². The van der Waals surface area contributed by atoms with Crippen LogP contribution in [0.1, 0.15) is 192 Å². The SMILES string of the molecule is CCCCc1c(C#Cc2ccccc2)sc(C#Cc2sc(C#Cc3sc(C#Cc4ccccc4)c(CCCC)c3CCCC)c(CCCC)c2CCCC)c1CCCC. The van der Waals surface area contributed by atoms with E-state index in [1.807, 2.05) is 34.0 Å². The van der Waals surface area contributed by atoms with Crippen molar-refractivity contribution in [2.45, 2.75) is 157 Å². The molecule has 59 heavy (non-hydrogen) atoms. The Kier molecular flexibility index (Phi) is 19.8. The minimum atomic E-state index is 1.06. The minimum absolute atomic E-state index is 1.06. The van der Waals surface area contributed by atoms with Crippen LogP contribution < -0.4 is 0 Å². The average Bonchev–Trinajstić information content (AvgIpc) is 3.90. The van der Waals surface area contributed by atoms with Gasteiger partial charge in [-0.3, -0.25) is 0 Å². The monoisotopic (exact) mass is 832 g/mol. The lowest BCUT2D eigenvalue weighted by Crippen LogP contribution is -1.96. The molecule has 0 atom stereocenters. The fourth-order valence-electron chi connectivity index (χ4n) is 7.34. The molecule has 0 spiro atoms. The summed E-state index contributed by atoms with van der Waals surface area (Å²) >= 11 is 5.49. The molecule has 5 rings (SSSR count). The predicted octanol–water partition coefficient (Wildman–Crippen LogP) is 15.5. The van der Waals surface area contributed by atoms with Crippen molar-refractivity contribution in [1.82, 2.24) is 0 Å². The molecule has 2 aromatic carbocycles. The molecule has 5 aromatic rings. The van der Waals surface area contributed by atoms with Gasteiger partial charge in [0.15, 0.2) is 0 Å². The lowest BCUT2D eigenvalue weighted by Gasteiger charge is -2.06. The third-order valence-corrected chi connectivity index (χ3v) is 14.1. The van der Waals surface area contributed by atoms with Crippen LogP contribution >= 0.6 is 34.0 Å². The van der Waals surface area contributed by atoms with Crippen LogP contribution in [0.15, 0.2) is 60.7 Å². The molecule has 0 N–H and O–H groups in total. The molecule has 3 heteroatoms. The van der Waals surface area contributed by atoms with Crippen LogP contribution in [0.3, 0.4) is 0 Å². The summed E-state index contributed by atoms with van der Waals surface area (Å²) < 4.78 is 0. The van der Waals surface area contributed by atoms with Crippen LogP contribution in [0.4, 0.5) is 0 Å². The van der Waals surface area contributed by atoms with Gasteiger partial charge in [-0.1, -0.05) is 140 Å². The summed E-state index contributed by atoms with van der Waals surface area (Å²) in [5, 5.41) is 0. The lowest BCUT2D eigenvalue weighted by atomic mass is 9.97. The van der Waals surface area contributed by atoms with Crippen LogP contribution in [-0.4, -0.2) is 0 Å². The van der Waals surface area contributed by atoms with E-state index in [1.165, 1.54) is 114 Å². The van der Waals surface area contributed by atoms with Gasteiger partial charge in [-0.2, -0.15) is 0 Å². The lowest BCUT2D eigenvalue weighted by molar-refractivity contribution is 0.760. The Hall–Kier alpha value is -4.22. The van der Waals surface area contributed by atoms with Crippen molar-refractivity contribution >= 4 is 34.0 Å². The fourth-order valence-corrected chi connectivity index (χ4v) is 10.7. The van der Waals surface area contributed by atoms with Crippen molar-refractivity contribution in [1.29, 1.82) is 0 Å². The van der Waals surface area contributed by atoms with Gasteiger partial charge in [-0.25, -0.2) is 0 Å². The molecule has 0 aliphatic heterocycles. The van der Waals surface area contributed by atoms with E-state index in [1.54, 1.807) is 0 Å². The highest BCUT2D eigenvalue weighted by Gasteiger charge is 2.20. The van der Waals surface area contributed by atoms with Crippen LogP contribution in [0.5, 0.6) is 0 Å². The van der Waals surface area contributed by atoms with E-state index >= 15 is 0 Å². The van der Waals surface area contributed by atoms with Crippen molar-refractivity contribution in [2.24, 2.45) is 0 Å². The van der Waals surface area contributed by atoms with Gasteiger partial charge in [0.2, 0.25) is 0 Å². The second-order valence-electron chi connectivity index (χ2n) is 15.5. The minimum Gasteiger partial charge on any atom is -0.117 e. The first-order valence-corrected chi connectivity index (χ1v) is 25.1. The number of benzene rings is 2. The molecule has 0 saturated carbocycles. The maximum atomic E-state index is 3.82. The Balaban J connectivity index is 1.64. The van der Waals surface area contributed by atoms with Gasteiger partial charge in [-0.15, -0.1) is 34.0 Å². The van der Waals surface area contributed by atoms with E-state index in [9.17, 15) is 0 Å². The molecule has 0 fully saturated rings. The fraction of sp³-hybridized carbons (Fsp3) is 0.429. The largest absolute Gasteiger partial charge is 0.117 e. The van der Waals surface area contributed by atoms with Gasteiger partial charge >= 0.3 is 0 Å². The van der Waals surface area contributed by atoms with Gasteiger partial charge in [0.05, 0.1) is 29.3 Å². The van der Waals surface area contributed by atoms with Crippen molar-refractivity contribution in [3.8, 4) is 47.4 Å². The first-order valence-electron chi connectivity index (χ1n) is 22.7. The Bertz CT molecular complexity index is 2150. The number of hydrogen-bond acceptors (Lipinski definition) is 3. The highest BCUT2D eigenvalue weighted by Crippen LogP contribution is 2.35. The number of hydrogen-bond donors (Lipinski definition) is 0. The summed E-state index contributed by atoms with van der Waals surface area (Å²) in [5.74, 6) is 29.4. The highest BCUT2D eigenvalue weighted by molar-refractivity contribution is 7.14. The quantitative estimate of drug-likeness (QED) is 0.0772. The second-order valence-corrected chi connectivity index (χ2v) is 18.6. The molecule has 0 saturated heterocycles. The normalized spacial score (nSPS) is 10.5. The maximum Gasteiger partial charge on any atom is 0.0820 e. The van der Waals surface area contributed by atoms with Crippen LogP contribution in [0, 0.1) is 47.4 Å². The average molecular weight is 833 g/mol. The van der Waals surface area contributed by atoms with Crippen LogP contribution in [-0.2, 0) is 38.5 Å². The molecule has 0 amide bonds. The molecule has 0 radical (unpaired) electrons. The summed E-state index contributed by atoms with van der Waals surface area (Å²) in [6, 6.07) is 20.8. The number of thiophene rings is 3. The summed E-state index contributed by atoms with van der Waals surface area (Å²) in [6.45, 7) is 13.8. The van der Waals surface area contributed by atoms with E-state index in [2.05, 4.69) is 150 Å². The zero-order valence-corrected chi connectivity index (χ0v) is 39.2. The first kappa shape index (κ1) is 45.9. The third-order valence-electron chi connectivity index (χ3n) is 10.8. The molecule has 3 aromatic heterocycles. The van der Waals surface area contributed by atoms with Gasteiger partial charge < -0.3 is 0 Å². The number of rotatable bonds is 18. The molecule has 0 aliphatic rings. The van der Waals surface area contributed by atoms with E-state index in [-0.39, 0.29) is 0 Å². The Labute approximate surface area is 370 Å². The Morgan fingerprint density at radius 3 is 0.695 bits per heavy atom. The highest BCUT2D eigenvalue weighted by atomic mass is 32.1. The topological polar surface area (TPSA) is 0 Å². The van der Waals surface area contributed by atoms with E-state index in [0.717, 1.165) is 75.3 Å². The molecule has 3 heterocycles. The number of unbranched alkanes of at least 4 members (excludes halogenated alkanes) is 6. The van der Waals surface area contributed by atoms with Crippen LogP contribution in [0.25, 0.3) is 0 Å². The summed E-state index contributed by atoms with van der Waals surface area (Å²) in [4.78, 5) is 7.25. The molecule has 306 valence electrons. The standard InChI is InChI=1S/C56H64S3/c1-7-13-29-45-47(31-15-9-3)53(57-51(45)37-35-43-25-21-19-22-26-43)39-41-55-49(33-17-11-5)50(34-18-12-6)56(59-55)42-40-54-48(32-16-10-4)46(30-14-8-2)52(58-54)38-36-44-27-23-20-24-28-44/h19-28H,7-18,29-34H2,1-6H3. The second kappa shape index (κ2) is 25.4. The van der Waals surface area contributed by atoms with Crippen molar-refractivity contribution in [3.05, 3.63) is 134 Å². The third kappa shape index (κ3) is 13.4. The molecule has 0 unspecified atom stereocenters. The molecular formula is C56H64S3. The van der Waals surface area contributed by atoms with Gasteiger partial charge in [0.25, 0.3) is 0 Å². The van der Waals surface area contributed by atoms with Crippen LogP contribution in [0.2, 0.25) is 0 Å². The van der Waals surface area contributed by atoms with Gasteiger partial charge in [0.1, 0.15) is 0 Å². The van der Waals surface area contributed by atoms with E-state index in [0.29, 0.717) is 0 Å².